The molecule has 2 aliphatic heterocycles. The number of piperazine rings is 1. The minimum absolute atomic E-state index is 0.171. The molecule has 0 N–H and O–H groups in total. The summed E-state index contributed by atoms with van der Waals surface area (Å²) in [6.07, 6.45) is 5.65. The van der Waals surface area contributed by atoms with Crippen LogP contribution in [0, 0.1) is 6.92 Å². The van der Waals surface area contributed by atoms with E-state index in [2.05, 4.69) is 38.8 Å². The second-order valence-corrected chi connectivity index (χ2v) is 10.00. The Kier molecular flexibility index (Phi) is 8.04. The summed E-state index contributed by atoms with van der Waals surface area (Å²) < 4.78 is 11.8. The number of methoxy groups -OCH3 is 1. The van der Waals surface area contributed by atoms with Gasteiger partial charge in [0.05, 0.1) is 25.7 Å². The van der Waals surface area contributed by atoms with Gasteiger partial charge in [-0.25, -0.2) is 9.97 Å². The van der Waals surface area contributed by atoms with Crippen LogP contribution in [0.1, 0.15) is 30.4 Å². The van der Waals surface area contributed by atoms with Gasteiger partial charge in [-0.2, -0.15) is 0 Å². The van der Waals surface area contributed by atoms with Gasteiger partial charge in [0.1, 0.15) is 12.1 Å². The van der Waals surface area contributed by atoms with E-state index in [9.17, 15) is 4.79 Å². The van der Waals surface area contributed by atoms with E-state index in [1.165, 1.54) is 31.5 Å². The molecule has 2 aliphatic rings. The third kappa shape index (κ3) is 6.13. The van der Waals surface area contributed by atoms with E-state index in [1.54, 1.807) is 13.4 Å². The number of amides is 1. The van der Waals surface area contributed by atoms with E-state index in [4.69, 9.17) is 9.47 Å². The number of hydrogen-bond acceptors (Lipinski definition) is 7. The molecule has 0 bridgehead atoms. The van der Waals surface area contributed by atoms with E-state index in [1.807, 2.05) is 29.2 Å². The Morgan fingerprint density at radius 1 is 0.946 bits per heavy atom. The lowest BCUT2D eigenvalue weighted by atomic mass is 10.1. The van der Waals surface area contributed by atoms with E-state index in [0.717, 1.165) is 48.3 Å². The fourth-order valence-corrected chi connectivity index (χ4v) is 5.21. The zero-order valence-corrected chi connectivity index (χ0v) is 22.0. The van der Waals surface area contributed by atoms with Gasteiger partial charge in [0.25, 0.3) is 0 Å². The number of fused-ring (bicyclic) bond motifs is 1. The molecule has 0 aliphatic carbocycles. The summed E-state index contributed by atoms with van der Waals surface area (Å²) in [5.41, 5.74) is 3.09. The number of benzene rings is 2. The molecule has 196 valence electrons. The molecule has 5 rings (SSSR count). The topological polar surface area (TPSA) is 71.0 Å². The Morgan fingerprint density at radius 3 is 2.43 bits per heavy atom. The molecule has 1 aromatic heterocycles. The first-order valence-electron chi connectivity index (χ1n) is 13.4. The van der Waals surface area contributed by atoms with Gasteiger partial charge in [-0.3, -0.25) is 4.79 Å². The van der Waals surface area contributed by atoms with Gasteiger partial charge in [-0.1, -0.05) is 29.8 Å². The van der Waals surface area contributed by atoms with Crippen molar-refractivity contribution in [1.82, 2.24) is 19.8 Å². The number of carbonyl (C=O) groups excluding carboxylic acids is 1. The summed E-state index contributed by atoms with van der Waals surface area (Å²) in [5.74, 6) is 2.45. The molecule has 2 fully saturated rings. The fraction of sp³-hybridized carbons (Fsp3) is 0.483. The quantitative estimate of drug-likeness (QED) is 0.412. The van der Waals surface area contributed by atoms with Crippen LogP contribution in [0.2, 0.25) is 0 Å². The van der Waals surface area contributed by atoms with E-state index < -0.39 is 0 Å². The lowest BCUT2D eigenvalue weighted by Gasteiger charge is -2.36. The monoisotopic (exact) mass is 503 g/mol. The Bertz CT molecular complexity index is 1200. The van der Waals surface area contributed by atoms with Crippen LogP contribution in [0.5, 0.6) is 11.5 Å². The van der Waals surface area contributed by atoms with Crippen LogP contribution in [0.3, 0.4) is 0 Å². The van der Waals surface area contributed by atoms with Crippen LogP contribution < -0.4 is 14.4 Å². The highest BCUT2D eigenvalue weighted by Crippen LogP contribution is 2.35. The normalized spacial score (nSPS) is 16.4. The zero-order valence-electron chi connectivity index (χ0n) is 22.0. The van der Waals surface area contributed by atoms with Crippen LogP contribution in [0.25, 0.3) is 10.9 Å². The van der Waals surface area contributed by atoms with E-state index in [-0.39, 0.29) is 5.91 Å². The zero-order chi connectivity index (χ0) is 25.6. The molecule has 3 aromatic rings. The minimum Gasteiger partial charge on any atom is -0.493 e. The van der Waals surface area contributed by atoms with Gasteiger partial charge in [-0.05, 0) is 50.9 Å². The highest BCUT2D eigenvalue weighted by molar-refractivity contribution is 5.92. The van der Waals surface area contributed by atoms with Crippen LogP contribution in [-0.4, -0.2) is 85.2 Å². The molecule has 0 spiro atoms. The maximum atomic E-state index is 12.9. The van der Waals surface area contributed by atoms with Crippen LogP contribution in [-0.2, 0) is 11.2 Å². The molecule has 1 amide bonds. The van der Waals surface area contributed by atoms with Gasteiger partial charge >= 0.3 is 0 Å². The maximum Gasteiger partial charge on any atom is 0.227 e. The minimum atomic E-state index is 0.171. The molecule has 8 heteroatoms. The number of anilines is 1. The van der Waals surface area contributed by atoms with Gasteiger partial charge in [0.15, 0.2) is 11.5 Å². The predicted molar refractivity (Wildman–Crippen MR) is 146 cm³/mol. The molecule has 0 saturated carbocycles. The first-order chi connectivity index (χ1) is 18.1. The lowest BCUT2D eigenvalue weighted by Crippen LogP contribution is -2.49. The fourth-order valence-electron chi connectivity index (χ4n) is 5.21. The summed E-state index contributed by atoms with van der Waals surface area (Å²) >= 11 is 0. The molecule has 3 heterocycles. The molecular formula is C29H37N5O3. The van der Waals surface area contributed by atoms with Crippen LogP contribution in [0.4, 0.5) is 5.82 Å². The van der Waals surface area contributed by atoms with Crippen LogP contribution in [0.15, 0.2) is 42.7 Å². The van der Waals surface area contributed by atoms with Crippen molar-refractivity contribution in [2.45, 2.75) is 32.6 Å². The summed E-state index contributed by atoms with van der Waals surface area (Å²) in [6, 6.07) is 12.1. The number of aromatic nitrogens is 2. The van der Waals surface area contributed by atoms with Gasteiger partial charge in [-0.15, -0.1) is 0 Å². The average Bonchev–Trinajstić information content (AvgIpc) is 3.45. The second-order valence-electron chi connectivity index (χ2n) is 10.00. The lowest BCUT2D eigenvalue weighted by molar-refractivity contribution is -0.130. The standard InChI is InChI=1S/C29H37N5O3/c1-22-6-8-23(9-7-22)18-28(35)33-13-15-34(16-14-33)29-24-19-26(36-2)27(20-25(24)30-21-31-29)37-17-5-12-32-10-3-4-11-32/h6-9,19-21H,3-5,10-18H2,1-2H3. The van der Waals surface area contributed by atoms with Gasteiger partial charge in [0.2, 0.25) is 5.91 Å². The van der Waals surface area contributed by atoms with Crippen LogP contribution >= 0.6 is 0 Å². The Labute approximate surface area is 219 Å². The summed E-state index contributed by atoms with van der Waals surface area (Å²) in [4.78, 5) is 28.7. The van der Waals surface area contributed by atoms with Crippen molar-refractivity contribution in [3.63, 3.8) is 0 Å². The SMILES string of the molecule is COc1cc2c(N3CCN(C(=O)Cc4ccc(C)cc4)CC3)ncnc2cc1OCCCN1CCCC1. The highest BCUT2D eigenvalue weighted by atomic mass is 16.5. The molecule has 2 saturated heterocycles. The number of likely N-dealkylation sites (tertiary alicyclic amines) is 1. The second kappa shape index (κ2) is 11.8. The van der Waals surface area contributed by atoms with Crippen molar-refractivity contribution in [3.05, 3.63) is 53.9 Å². The largest absolute Gasteiger partial charge is 0.493 e. The van der Waals surface area contributed by atoms with Crippen molar-refractivity contribution in [3.8, 4) is 11.5 Å². The molecule has 37 heavy (non-hydrogen) atoms. The summed E-state index contributed by atoms with van der Waals surface area (Å²) in [6.45, 7) is 8.98. The molecule has 0 unspecified atom stereocenters. The van der Waals surface area contributed by atoms with Gasteiger partial charge < -0.3 is 24.2 Å². The van der Waals surface area contributed by atoms with Crippen molar-refractivity contribution in [2.24, 2.45) is 0 Å². The first-order valence-corrected chi connectivity index (χ1v) is 13.4. The maximum absolute atomic E-state index is 12.9. The number of ether oxygens (including phenoxy) is 2. The molecule has 2 aromatic carbocycles. The predicted octanol–water partition coefficient (Wildman–Crippen LogP) is 3.70. The smallest absolute Gasteiger partial charge is 0.227 e. The number of carbonyl (C=O) groups is 1. The van der Waals surface area contributed by atoms with Crippen molar-refractivity contribution in [1.29, 1.82) is 0 Å². The Balaban J connectivity index is 1.22. The summed E-state index contributed by atoms with van der Waals surface area (Å²) in [5, 5.41) is 0.934. The average molecular weight is 504 g/mol. The first kappa shape index (κ1) is 25.3. The third-order valence-electron chi connectivity index (χ3n) is 7.38. The van der Waals surface area contributed by atoms with Gasteiger partial charge in [0, 0.05) is 44.2 Å². The third-order valence-corrected chi connectivity index (χ3v) is 7.38. The molecule has 8 nitrogen and oxygen atoms in total. The Hall–Kier alpha value is -3.39. The van der Waals surface area contributed by atoms with E-state index >= 15 is 0 Å². The van der Waals surface area contributed by atoms with Crippen molar-refractivity contribution < 1.29 is 14.3 Å². The van der Waals surface area contributed by atoms with Crippen molar-refractivity contribution in [2.75, 3.05) is 64.4 Å². The highest BCUT2D eigenvalue weighted by Gasteiger charge is 2.24. The molecule has 0 radical (unpaired) electrons. The molecular weight excluding hydrogens is 466 g/mol. The summed E-state index contributed by atoms with van der Waals surface area (Å²) in [7, 11) is 1.67. The number of nitrogens with zero attached hydrogens (tertiary/aromatic N) is 5. The molecule has 0 atom stereocenters. The van der Waals surface area contributed by atoms with Crippen molar-refractivity contribution >= 4 is 22.6 Å². The number of rotatable bonds is 9. The number of aryl methyl sites for hydroxylation is 1. The number of hydrogen-bond donors (Lipinski definition) is 0. The van der Waals surface area contributed by atoms with E-state index in [0.29, 0.717) is 37.6 Å². The Morgan fingerprint density at radius 2 is 1.70 bits per heavy atom.